The molecule has 11 heteroatoms. The third kappa shape index (κ3) is 4.56. The molecule has 0 spiro atoms. The quantitative estimate of drug-likeness (QED) is 0.364. The fourth-order valence-corrected chi connectivity index (χ4v) is 5.40. The van der Waals surface area contributed by atoms with Gasteiger partial charge in [-0.1, -0.05) is 24.3 Å². The van der Waals surface area contributed by atoms with Gasteiger partial charge >= 0.3 is 6.09 Å². The van der Waals surface area contributed by atoms with Gasteiger partial charge in [-0.3, -0.25) is 19.8 Å². The number of pyridine rings is 2. The van der Waals surface area contributed by atoms with Crippen LogP contribution in [0.2, 0.25) is 0 Å². The van der Waals surface area contributed by atoms with Crippen LogP contribution < -0.4 is 10.0 Å². The van der Waals surface area contributed by atoms with Gasteiger partial charge in [-0.15, -0.1) is 0 Å². The maximum atomic E-state index is 13.0. The van der Waals surface area contributed by atoms with Crippen molar-refractivity contribution in [3.05, 3.63) is 90.3 Å². The highest BCUT2D eigenvalue weighted by atomic mass is 32.2. The van der Waals surface area contributed by atoms with E-state index in [9.17, 15) is 18.0 Å². The zero-order chi connectivity index (χ0) is 25.3. The molecule has 0 aliphatic carbocycles. The number of carbonyl (C=O) groups excluding carboxylic acids is 1. The third-order valence-electron chi connectivity index (χ3n) is 5.94. The fourth-order valence-electron chi connectivity index (χ4n) is 4.16. The molecule has 4 aromatic rings. The molecule has 0 unspecified atom stereocenters. The van der Waals surface area contributed by atoms with Crippen LogP contribution in [0.3, 0.4) is 0 Å². The van der Waals surface area contributed by atoms with Crippen molar-refractivity contribution in [2.45, 2.75) is 10.8 Å². The van der Waals surface area contributed by atoms with Gasteiger partial charge in [0.15, 0.2) is 0 Å². The van der Waals surface area contributed by atoms with Crippen LogP contribution in [-0.4, -0.2) is 53.5 Å². The van der Waals surface area contributed by atoms with Crippen LogP contribution in [-0.2, 0) is 10.0 Å². The molecule has 0 bridgehead atoms. The van der Waals surface area contributed by atoms with E-state index in [1.165, 1.54) is 24.4 Å². The van der Waals surface area contributed by atoms with Crippen molar-refractivity contribution in [3.63, 3.8) is 0 Å². The zero-order valence-corrected chi connectivity index (χ0v) is 19.6. The summed E-state index contributed by atoms with van der Waals surface area (Å²) < 4.78 is 28.5. The first-order valence-corrected chi connectivity index (χ1v) is 12.5. The molecule has 5 rings (SSSR count). The van der Waals surface area contributed by atoms with E-state index in [-0.39, 0.29) is 22.5 Å². The van der Waals surface area contributed by atoms with Crippen LogP contribution in [0.15, 0.2) is 84.0 Å². The van der Waals surface area contributed by atoms with Gasteiger partial charge in [0.2, 0.25) is 0 Å². The summed E-state index contributed by atoms with van der Waals surface area (Å²) in [6.45, 7) is 0.836. The van der Waals surface area contributed by atoms with Crippen molar-refractivity contribution in [1.82, 2.24) is 14.9 Å². The van der Waals surface area contributed by atoms with E-state index < -0.39 is 16.1 Å². The first-order chi connectivity index (χ1) is 17.3. The van der Waals surface area contributed by atoms with Gasteiger partial charge < -0.3 is 10.0 Å². The molecule has 36 heavy (non-hydrogen) atoms. The smallest absolute Gasteiger partial charge is 0.410 e. The standard InChI is InChI=1S/C25H21N5O5S/c31-24(30-14-18(15-30)20-6-3-13-27-23(20)28-25(32)33)17-8-10-19(11-9-17)29-36(34,35)21-7-1-4-16-5-2-12-26-22(16)21/h1-13,18,29H,14-15H2,(H,27,28)(H,32,33). The first-order valence-electron chi connectivity index (χ1n) is 11.0. The van der Waals surface area contributed by atoms with Crippen LogP contribution in [0, 0.1) is 0 Å². The predicted octanol–water partition coefficient (Wildman–Crippen LogP) is 3.76. The normalized spacial score (nSPS) is 13.7. The number of nitrogens with zero attached hydrogens (tertiary/aromatic N) is 3. The Morgan fingerprint density at radius 2 is 1.61 bits per heavy atom. The van der Waals surface area contributed by atoms with Gasteiger partial charge in [0, 0.05) is 53.6 Å². The maximum Gasteiger partial charge on any atom is 0.410 e. The number of para-hydroxylation sites is 1. The van der Waals surface area contributed by atoms with Crippen molar-refractivity contribution in [3.8, 4) is 0 Å². The Labute approximate surface area is 206 Å². The summed E-state index contributed by atoms with van der Waals surface area (Å²) in [5, 5.41) is 12.0. The van der Waals surface area contributed by atoms with E-state index in [4.69, 9.17) is 5.11 Å². The number of rotatable bonds is 6. The highest BCUT2D eigenvalue weighted by Crippen LogP contribution is 2.32. The molecular weight excluding hydrogens is 482 g/mol. The molecule has 1 aliphatic heterocycles. The number of benzene rings is 2. The van der Waals surface area contributed by atoms with Gasteiger partial charge in [-0.05, 0) is 42.5 Å². The molecule has 2 aromatic carbocycles. The van der Waals surface area contributed by atoms with Crippen molar-refractivity contribution < 1.29 is 23.1 Å². The van der Waals surface area contributed by atoms with Crippen molar-refractivity contribution in [1.29, 1.82) is 0 Å². The van der Waals surface area contributed by atoms with E-state index in [1.807, 2.05) is 0 Å². The minimum Gasteiger partial charge on any atom is -0.465 e. The number of sulfonamides is 1. The molecule has 2 aromatic heterocycles. The van der Waals surface area contributed by atoms with Crippen LogP contribution in [0.25, 0.3) is 10.9 Å². The van der Waals surface area contributed by atoms with E-state index >= 15 is 0 Å². The summed E-state index contributed by atoms with van der Waals surface area (Å²) in [6, 6.07) is 18.2. The Morgan fingerprint density at radius 3 is 2.36 bits per heavy atom. The molecule has 10 nitrogen and oxygen atoms in total. The Morgan fingerprint density at radius 1 is 0.917 bits per heavy atom. The lowest BCUT2D eigenvalue weighted by molar-refractivity contribution is 0.0602. The molecule has 3 N–H and O–H groups in total. The fraction of sp³-hybridized carbons (Fsp3) is 0.120. The van der Waals surface area contributed by atoms with Gasteiger partial charge in [0.05, 0.1) is 5.52 Å². The van der Waals surface area contributed by atoms with Crippen molar-refractivity contribution in [2.24, 2.45) is 0 Å². The van der Waals surface area contributed by atoms with Gasteiger partial charge in [0.1, 0.15) is 10.7 Å². The number of aromatic nitrogens is 2. The summed E-state index contributed by atoms with van der Waals surface area (Å²) in [4.78, 5) is 33.9. The average Bonchev–Trinajstić information content (AvgIpc) is 2.83. The second kappa shape index (κ2) is 9.27. The number of nitrogens with one attached hydrogen (secondary N) is 2. The number of hydrogen-bond donors (Lipinski definition) is 3. The van der Waals surface area contributed by atoms with Crippen LogP contribution in [0.5, 0.6) is 0 Å². The summed E-state index contributed by atoms with van der Waals surface area (Å²) in [5.41, 5.74) is 1.85. The first kappa shape index (κ1) is 23.2. The number of likely N-dealkylation sites (tertiary alicyclic amines) is 1. The lowest BCUT2D eigenvalue weighted by Gasteiger charge is -2.40. The lowest BCUT2D eigenvalue weighted by Crippen LogP contribution is -2.48. The molecule has 0 atom stereocenters. The second-order valence-corrected chi connectivity index (χ2v) is 9.94. The molecule has 3 heterocycles. The minimum atomic E-state index is -3.90. The molecule has 1 saturated heterocycles. The largest absolute Gasteiger partial charge is 0.465 e. The topological polar surface area (TPSA) is 142 Å². The molecule has 1 fully saturated rings. The van der Waals surface area contributed by atoms with Crippen molar-refractivity contribution >= 4 is 44.4 Å². The minimum absolute atomic E-state index is 0.0371. The van der Waals surface area contributed by atoms with E-state index in [0.717, 1.165) is 5.56 Å². The number of hydrogen-bond acceptors (Lipinski definition) is 6. The SMILES string of the molecule is O=C(O)Nc1ncccc1C1CN(C(=O)c2ccc(NS(=O)(=O)c3cccc4cccnc34)cc2)C1. The molecule has 0 saturated carbocycles. The molecular formula is C25H21N5O5S. The predicted molar refractivity (Wildman–Crippen MR) is 134 cm³/mol. The number of anilines is 2. The number of fused-ring (bicyclic) bond motifs is 1. The van der Waals surface area contributed by atoms with Crippen molar-refractivity contribution in [2.75, 3.05) is 23.1 Å². The van der Waals surface area contributed by atoms with Crippen LogP contribution >= 0.6 is 0 Å². The number of carbonyl (C=O) groups is 2. The highest BCUT2D eigenvalue weighted by molar-refractivity contribution is 7.93. The Kier molecular flexibility index (Phi) is 5.98. The molecule has 1 aliphatic rings. The summed E-state index contributed by atoms with van der Waals surface area (Å²) in [7, 11) is -3.90. The molecule has 0 radical (unpaired) electrons. The summed E-state index contributed by atoms with van der Waals surface area (Å²) in [6.07, 6.45) is 1.85. The van der Waals surface area contributed by atoms with Gasteiger partial charge in [0.25, 0.3) is 15.9 Å². The Hall–Kier alpha value is -4.51. The average molecular weight is 504 g/mol. The highest BCUT2D eigenvalue weighted by Gasteiger charge is 2.34. The van der Waals surface area contributed by atoms with E-state index in [0.29, 0.717) is 35.2 Å². The number of carboxylic acid groups (broad SMARTS) is 1. The third-order valence-corrected chi connectivity index (χ3v) is 7.36. The molecule has 2 amide bonds. The zero-order valence-electron chi connectivity index (χ0n) is 18.8. The van der Waals surface area contributed by atoms with E-state index in [2.05, 4.69) is 20.0 Å². The summed E-state index contributed by atoms with van der Waals surface area (Å²) >= 11 is 0. The molecule has 182 valence electrons. The Bertz CT molecular complexity index is 1560. The number of amides is 2. The van der Waals surface area contributed by atoms with E-state index in [1.54, 1.807) is 59.6 Å². The van der Waals surface area contributed by atoms with Gasteiger partial charge in [-0.25, -0.2) is 18.2 Å². The monoisotopic (exact) mass is 503 g/mol. The second-order valence-electron chi connectivity index (χ2n) is 8.29. The van der Waals surface area contributed by atoms with Crippen LogP contribution in [0.4, 0.5) is 16.3 Å². The maximum absolute atomic E-state index is 13.0. The Balaban J connectivity index is 1.26. The van der Waals surface area contributed by atoms with Gasteiger partial charge in [-0.2, -0.15) is 0 Å². The summed E-state index contributed by atoms with van der Waals surface area (Å²) in [5.74, 6) is 0.0283. The van der Waals surface area contributed by atoms with Crippen LogP contribution in [0.1, 0.15) is 21.8 Å². The lowest BCUT2D eigenvalue weighted by atomic mass is 9.91.